The lowest BCUT2D eigenvalue weighted by atomic mass is 10.0. The maximum Gasteiger partial charge on any atom is 0.221 e. The second-order valence-corrected chi connectivity index (χ2v) is 5.31. The molecule has 4 heteroatoms. The van der Waals surface area contributed by atoms with Crippen molar-refractivity contribution in [3.63, 3.8) is 0 Å². The van der Waals surface area contributed by atoms with Gasteiger partial charge in [-0.15, -0.1) is 0 Å². The highest BCUT2D eigenvalue weighted by molar-refractivity contribution is 5.73. The van der Waals surface area contributed by atoms with Gasteiger partial charge in [0.1, 0.15) is 12.4 Å². The van der Waals surface area contributed by atoms with Crippen LogP contribution in [0.2, 0.25) is 0 Å². The molecule has 3 aromatic rings. The van der Waals surface area contributed by atoms with Gasteiger partial charge in [0.15, 0.2) is 0 Å². The van der Waals surface area contributed by atoms with Gasteiger partial charge in [0, 0.05) is 11.8 Å². The normalized spacial score (nSPS) is 10.4. The van der Waals surface area contributed by atoms with Gasteiger partial charge in [0.25, 0.3) is 0 Å². The Labute approximate surface area is 141 Å². The molecule has 4 nitrogen and oxygen atoms in total. The highest BCUT2D eigenvalue weighted by Gasteiger charge is 2.12. The van der Waals surface area contributed by atoms with E-state index in [4.69, 9.17) is 9.47 Å². The maximum atomic E-state index is 9.64. The van der Waals surface area contributed by atoms with E-state index in [2.05, 4.69) is 4.98 Å². The molecule has 0 aliphatic rings. The van der Waals surface area contributed by atoms with E-state index >= 15 is 0 Å². The van der Waals surface area contributed by atoms with Crippen LogP contribution in [0.15, 0.2) is 66.9 Å². The van der Waals surface area contributed by atoms with Crippen molar-refractivity contribution < 1.29 is 14.6 Å². The predicted octanol–water partition coefficient (Wildman–Crippen LogP) is 3.83. The van der Waals surface area contributed by atoms with E-state index in [9.17, 15) is 5.11 Å². The zero-order valence-corrected chi connectivity index (χ0v) is 13.5. The molecule has 0 amide bonds. The van der Waals surface area contributed by atoms with Crippen LogP contribution in [0.3, 0.4) is 0 Å². The van der Waals surface area contributed by atoms with Crippen LogP contribution in [0.4, 0.5) is 0 Å². The van der Waals surface area contributed by atoms with Crippen molar-refractivity contribution in [2.45, 2.75) is 13.2 Å². The van der Waals surface area contributed by atoms with Crippen LogP contribution in [0, 0.1) is 0 Å². The largest absolute Gasteiger partial charge is 0.489 e. The monoisotopic (exact) mass is 321 g/mol. The van der Waals surface area contributed by atoms with Crippen molar-refractivity contribution in [2.75, 3.05) is 7.11 Å². The number of hydrogen-bond donors (Lipinski definition) is 1. The number of hydrogen-bond acceptors (Lipinski definition) is 4. The molecular formula is C20H19NO3. The Morgan fingerprint density at radius 1 is 0.958 bits per heavy atom. The lowest BCUT2D eigenvalue weighted by molar-refractivity contribution is 0.281. The Morgan fingerprint density at radius 2 is 1.79 bits per heavy atom. The molecule has 0 aliphatic carbocycles. The highest BCUT2D eigenvalue weighted by atomic mass is 16.5. The van der Waals surface area contributed by atoms with Crippen molar-refractivity contribution in [3.05, 3.63) is 78.0 Å². The number of aliphatic hydroxyl groups excluding tert-OH is 1. The SMILES string of the molecule is COc1ncccc1-c1cc(OCc2ccccc2)ccc1CO. The second kappa shape index (κ2) is 7.62. The smallest absolute Gasteiger partial charge is 0.221 e. The summed E-state index contributed by atoms with van der Waals surface area (Å²) in [6.07, 6.45) is 1.68. The summed E-state index contributed by atoms with van der Waals surface area (Å²) in [5.74, 6) is 1.25. The minimum atomic E-state index is -0.0631. The van der Waals surface area contributed by atoms with Gasteiger partial charge >= 0.3 is 0 Å². The Hall–Kier alpha value is -2.85. The quantitative estimate of drug-likeness (QED) is 0.750. The second-order valence-electron chi connectivity index (χ2n) is 5.31. The van der Waals surface area contributed by atoms with Gasteiger partial charge in [-0.3, -0.25) is 0 Å². The van der Waals surface area contributed by atoms with Gasteiger partial charge in [0.05, 0.1) is 13.7 Å². The number of nitrogens with zero attached hydrogens (tertiary/aromatic N) is 1. The highest BCUT2D eigenvalue weighted by Crippen LogP contribution is 2.33. The van der Waals surface area contributed by atoms with Gasteiger partial charge in [-0.1, -0.05) is 36.4 Å². The van der Waals surface area contributed by atoms with E-state index in [1.807, 2.05) is 60.7 Å². The minimum absolute atomic E-state index is 0.0631. The zero-order valence-electron chi connectivity index (χ0n) is 13.5. The van der Waals surface area contributed by atoms with Crippen LogP contribution in [-0.2, 0) is 13.2 Å². The Kier molecular flexibility index (Phi) is 5.08. The summed E-state index contributed by atoms with van der Waals surface area (Å²) >= 11 is 0. The van der Waals surface area contributed by atoms with Crippen molar-refractivity contribution in [3.8, 4) is 22.8 Å². The first-order valence-electron chi connectivity index (χ1n) is 7.71. The molecule has 0 radical (unpaired) electrons. The third-order valence-electron chi connectivity index (χ3n) is 3.75. The molecule has 122 valence electrons. The molecular weight excluding hydrogens is 302 g/mol. The first-order chi connectivity index (χ1) is 11.8. The summed E-state index contributed by atoms with van der Waals surface area (Å²) in [6, 6.07) is 19.4. The molecule has 0 saturated heterocycles. The molecule has 0 atom stereocenters. The maximum absolute atomic E-state index is 9.64. The van der Waals surface area contributed by atoms with Crippen LogP contribution in [0.25, 0.3) is 11.1 Å². The first kappa shape index (κ1) is 16.0. The number of rotatable bonds is 6. The number of pyridine rings is 1. The van der Waals surface area contributed by atoms with Gasteiger partial charge in [-0.2, -0.15) is 0 Å². The minimum Gasteiger partial charge on any atom is -0.489 e. The third-order valence-corrected chi connectivity index (χ3v) is 3.75. The fraction of sp³-hybridized carbons (Fsp3) is 0.150. The zero-order chi connectivity index (χ0) is 16.8. The number of methoxy groups -OCH3 is 1. The molecule has 3 rings (SSSR count). The van der Waals surface area contributed by atoms with Crippen LogP contribution in [0.1, 0.15) is 11.1 Å². The fourth-order valence-electron chi connectivity index (χ4n) is 2.53. The summed E-state index contributed by atoms with van der Waals surface area (Å²) in [7, 11) is 1.58. The lowest BCUT2D eigenvalue weighted by Gasteiger charge is -2.13. The molecule has 0 fully saturated rings. The average Bonchev–Trinajstić information content (AvgIpc) is 2.67. The van der Waals surface area contributed by atoms with E-state index in [0.29, 0.717) is 12.5 Å². The standard InChI is InChI=1S/C20H19NO3/c1-23-20-18(8-5-11-21-20)19-12-17(10-9-16(19)13-22)24-14-15-6-3-2-4-7-15/h2-12,22H,13-14H2,1H3. The van der Waals surface area contributed by atoms with E-state index in [-0.39, 0.29) is 6.61 Å². The van der Waals surface area contributed by atoms with Crippen LogP contribution in [-0.4, -0.2) is 17.2 Å². The molecule has 1 heterocycles. The van der Waals surface area contributed by atoms with Crippen molar-refractivity contribution in [2.24, 2.45) is 0 Å². The first-order valence-corrected chi connectivity index (χ1v) is 7.71. The van der Waals surface area contributed by atoms with Crippen molar-refractivity contribution in [1.29, 1.82) is 0 Å². The van der Waals surface area contributed by atoms with Crippen LogP contribution >= 0.6 is 0 Å². The average molecular weight is 321 g/mol. The molecule has 0 unspecified atom stereocenters. The van der Waals surface area contributed by atoms with E-state index in [1.165, 1.54) is 0 Å². The number of aromatic nitrogens is 1. The molecule has 2 aromatic carbocycles. The Bertz CT molecular complexity index is 803. The van der Waals surface area contributed by atoms with Gasteiger partial charge in [-0.25, -0.2) is 4.98 Å². The van der Waals surface area contributed by atoms with Gasteiger partial charge < -0.3 is 14.6 Å². The van der Waals surface area contributed by atoms with Gasteiger partial charge in [-0.05, 0) is 41.0 Å². The van der Waals surface area contributed by atoms with E-state index in [1.54, 1.807) is 13.3 Å². The Morgan fingerprint density at radius 3 is 2.54 bits per heavy atom. The van der Waals surface area contributed by atoms with E-state index < -0.39 is 0 Å². The summed E-state index contributed by atoms with van der Waals surface area (Å²) in [6.45, 7) is 0.426. The lowest BCUT2D eigenvalue weighted by Crippen LogP contribution is -1.98. The molecule has 24 heavy (non-hydrogen) atoms. The third kappa shape index (κ3) is 3.55. The summed E-state index contributed by atoms with van der Waals surface area (Å²) in [5.41, 5.74) is 3.58. The summed E-state index contributed by atoms with van der Waals surface area (Å²) in [5, 5.41) is 9.64. The van der Waals surface area contributed by atoms with Crippen LogP contribution < -0.4 is 9.47 Å². The van der Waals surface area contributed by atoms with Crippen LogP contribution in [0.5, 0.6) is 11.6 Å². The number of aliphatic hydroxyl groups is 1. The predicted molar refractivity (Wildman–Crippen MR) is 92.9 cm³/mol. The Balaban J connectivity index is 1.91. The van der Waals surface area contributed by atoms with Crippen molar-refractivity contribution >= 4 is 0 Å². The number of ether oxygens (including phenoxy) is 2. The van der Waals surface area contributed by atoms with E-state index in [0.717, 1.165) is 28.0 Å². The van der Waals surface area contributed by atoms with Crippen molar-refractivity contribution in [1.82, 2.24) is 4.98 Å². The van der Waals surface area contributed by atoms with Gasteiger partial charge in [0.2, 0.25) is 5.88 Å². The summed E-state index contributed by atoms with van der Waals surface area (Å²) in [4.78, 5) is 4.23. The molecule has 1 aromatic heterocycles. The molecule has 0 bridgehead atoms. The molecule has 0 aliphatic heterocycles. The summed E-state index contributed by atoms with van der Waals surface area (Å²) < 4.78 is 11.2. The molecule has 1 N–H and O–H groups in total. The molecule has 0 saturated carbocycles. The number of benzene rings is 2. The topological polar surface area (TPSA) is 51.6 Å². The fourth-order valence-corrected chi connectivity index (χ4v) is 2.53. The molecule has 0 spiro atoms.